The van der Waals surface area contributed by atoms with Crippen molar-refractivity contribution in [2.45, 2.75) is 24.7 Å². The lowest BCUT2D eigenvalue weighted by Crippen LogP contribution is -2.26. The maximum Gasteiger partial charge on any atom is 0.240 e. The Morgan fingerprint density at radius 3 is 2.52 bits per heavy atom. The Kier molecular flexibility index (Phi) is 7.24. The number of benzene rings is 1. The lowest BCUT2D eigenvalue weighted by atomic mass is 10.1. The zero-order valence-electron chi connectivity index (χ0n) is 14.4. The van der Waals surface area contributed by atoms with E-state index in [1.165, 1.54) is 24.3 Å². The van der Waals surface area contributed by atoms with Gasteiger partial charge in [0.1, 0.15) is 12.4 Å². The van der Waals surface area contributed by atoms with Gasteiger partial charge in [-0.3, -0.25) is 0 Å². The van der Waals surface area contributed by atoms with E-state index in [1.54, 1.807) is 6.92 Å². The van der Waals surface area contributed by atoms with Gasteiger partial charge in [0.25, 0.3) is 0 Å². The fourth-order valence-corrected chi connectivity index (χ4v) is 4.26. The maximum atomic E-state index is 12.3. The fourth-order valence-electron chi connectivity index (χ4n) is 2.59. The third-order valence-electron chi connectivity index (χ3n) is 4.24. The minimum Gasteiger partial charge on any atom is -0.493 e. The van der Waals surface area contributed by atoms with Crippen LogP contribution in [0, 0.1) is 5.92 Å². The van der Waals surface area contributed by atoms with E-state index in [4.69, 9.17) is 4.74 Å². The molecule has 0 spiro atoms. The zero-order chi connectivity index (χ0) is 18.3. The van der Waals surface area contributed by atoms with Crippen molar-refractivity contribution in [2.24, 2.45) is 5.92 Å². The van der Waals surface area contributed by atoms with E-state index in [0.29, 0.717) is 18.2 Å². The summed E-state index contributed by atoms with van der Waals surface area (Å²) in [5, 5.41) is 3.26. The summed E-state index contributed by atoms with van der Waals surface area (Å²) in [4.78, 5) is 0.172. The van der Waals surface area contributed by atoms with Crippen LogP contribution in [0.2, 0.25) is 0 Å². The van der Waals surface area contributed by atoms with Crippen molar-refractivity contribution in [1.29, 1.82) is 0 Å². The third-order valence-corrected chi connectivity index (χ3v) is 7.39. The first-order valence-corrected chi connectivity index (χ1v) is 11.8. The molecule has 7 nitrogen and oxygen atoms in total. The van der Waals surface area contributed by atoms with Crippen molar-refractivity contribution >= 4 is 19.9 Å². The molecule has 1 aromatic rings. The SMILES string of the molecule is CCS(=O)(=O)CCOc1ccc(S(=O)(=O)NCCC2CCNC2)cc1. The minimum absolute atomic E-state index is 0.0515. The summed E-state index contributed by atoms with van der Waals surface area (Å²) in [7, 11) is -6.61. The third kappa shape index (κ3) is 6.58. The second-order valence-electron chi connectivity index (χ2n) is 6.10. The molecule has 0 saturated carbocycles. The van der Waals surface area contributed by atoms with Gasteiger partial charge in [0, 0.05) is 12.3 Å². The number of rotatable bonds is 10. The first kappa shape index (κ1) is 20.2. The Morgan fingerprint density at radius 2 is 1.92 bits per heavy atom. The predicted octanol–water partition coefficient (Wildman–Crippen LogP) is 0.778. The number of sulfone groups is 1. The molecule has 25 heavy (non-hydrogen) atoms. The van der Waals surface area contributed by atoms with Crippen LogP contribution in [0.5, 0.6) is 5.75 Å². The van der Waals surface area contributed by atoms with E-state index in [-0.39, 0.29) is 23.0 Å². The minimum atomic E-state index is -3.54. The summed E-state index contributed by atoms with van der Waals surface area (Å²) in [6, 6.07) is 5.99. The van der Waals surface area contributed by atoms with Crippen LogP contribution in [-0.4, -0.2) is 54.6 Å². The lowest BCUT2D eigenvalue weighted by molar-refractivity contribution is 0.340. The van der Waals surface area contributed by atoms with Gasteiger partial charge in [-0.05, 0) is 56.1 Å². The molecule has 1 aromatic carbocycles. The van der Waals surface area contributed by atoms with Gasteiger partial charge in [-0.25, -0.2) is 21.6 Å². The Bertz CT molecular complexity index is 739. The normalized spacial score (nSPS) is 18.4. The van der Waals surface area contributed by atoms with Crippen molar-refractivity contribution < 1.29 is 21.6 Å². The van der Waals surface area contributed by atoms with E-state index in [9.17, 15) is 16.8 Å². The molecule has 0 aromatic heterocycles. The van der Waals surface area contributed by atoms with Crippen molar-refractivity contribution in [2.75, 3.05) is 37.7 Å². The molecule has 1 atom stereocenters. The number of hydrogen-bond donors (Lipinski definition) is 2. The number of ether oxygens (including phenoxy) is 1. The smallest absolute Gasteiger partial charge is 0.240 e. The van der Waals surface area contributed by atoms with E-state index in [2.05, 4.69) is 10.0 Å². The molecule has 1 heterocycles. The Morgan fingerprint density at radius 1 is 1.20 bits per heavy atom. The largest absolute Gasteiger partial charge is 0.493 e. The van der Waals surface area contributed by atoms with Crippen molar-refractivity contribution in [3.05, 3.63) is 24.3 Å². The maximum absolute atomic E-state index is 12.3. The molecule has 0 amide bonds. The average Bonchev–Trinajstić information content (AvgIpc) is 3.08. The molecule has 0 bridgehead atoms. The Balaban J connectivity index is 1.82. The summed E-state index contributed by atoms with van der Waals surface area (Å²) in [6.45, 7) is 4.00. The first-order chi connectivity index (χ1) is 11.8. The van der Waals surface area contributed by atoms with Crippen molar-refractivity contribution in [3.8, 4) is 5.75 Å². The number of nitrogens with one attached hydrogen (secondary N) is 2. The molecule has 2 N–H and O–H groups in total. The number of sulfonamides is 1. The van der Waals surface area contributed by atoms with Crippen molar-refractivity contribution in [1.82, 2.24) is 10.0 Å². The van der Waals surface area contributed by atoms with Gasteiger partial charge in [0.05, 0.1) is 10.6 Å². The van der Waals surface area contributed by atoms with E-state index in [1.807, 2.05) is 0 Å². The lowest BCUT2D eigenvalue weighted by Gasteiger charge is -2.11. The molecule has 1 aliphatic heterocycles. The van der Waals surface area contributed by atoms with Gasteiger partial charge in [0.2, 0.25) is 10.0 Å². The van der Waals surface area contributed by atoms with E-state index in [0.717, 1.165) is 25.9 Å². The molecule has 142 valence electrons. The molecule has 1 saturated heterocycles. The molecule has 0 aliphatic carbocycles. The molecular formula is C16H26N2O5S2. The van der Waals surface area contributed by atoms with Crippen LogP contribution in [0.3, 0.4) is 0 Å². The molecule has 1 fully saturated rings. The summed E-state index contributed by atoms with van der Waals surface area (Å²) < 4.78 is 55.3. The van der Waals surface area contributed by atoms with Crippen LogP contribution < -0.4 is 14.8 Å². The molecule has 9 heteroatoms. The van der Waals surface area contributed by atoms with Gasteiger partial charge >= 0.3 is 0 Å². The van der Waals surface area contributed by atoms with Crippen molar-refractivity contribution in [3.63, 3.8) is 0 Å². The molecular weight excluding hydrogens is 364 g/mol. The molecule has 1 aliphatic rings. The van der Waals surface area contributed by atoms with Crippen LogP contribution >= 0.6 is 0 Å². The van der Waals surface area contributed by atoms with Gasteiger partial charge < -0.3 is 10.1 Å². The van der Waals surface area contributed by atoms with Crippen LogP contribution in [0.1, 0.15) is 19.8 Å². The van der Waals surface area contributed by atoms with Gasteiger partial charge in [-0.1, -0.05) is 6.92 Å². The van der Waals surface area contributed by atoms with E-state index >= 15 is 0 Å². The van der Waals surface area contributed by atoms with Gasteiger partial charge in [-0.2, -0.15) is 0 Å². The highest BCUT2D eigenvalue weighted by Gasteiger charge is 2.17. The standard InChI is InChI=1S/C16H26N2O5S2/c1-2-24(19,20)12-11-23-15-3-5-16(6-4-15)25(21,22)18-10-8-14-7-9-17-13-14/h3-6,14,17-18H,2,7-13H2,1H3. The van der Waals surface area contributed by atoms with Gasteiger partial charge in [-0.15, -0.1) is 0 Å². The predicted molar refractivity (Wildman–Crippen MR) is 97.0 cm³/mol. The Hall–Kier alpha value is -1.16. The second kappa shape index (κ2) is 8.98. The summed E-state index contributed by atoms with van der Waals surface area (Å²) in [5.41, 5.74) is 0. The first-order valence-electron chi connectivity index (χ1n) is 8.46. The highest BCUT2D eigenvalue weighted by atomic mass is 32.2. The summed E-state index contributed by atoms with van der Waals surface area (Å²) in [5.74, 6) is 0.997. The van der Waals surface area contributed by atoms with Crippen LogP contribution in [0.15, 0.2) is 29.2 Å². The fraction of sp³-hybridized carbons (Fsp3) is 0.625. The highest BCUT2D eigenvalue weighted by molar-refractivity contribution is 7.91. The molecule has 2 rings (SSSR count). The van der Waals surface area contributed by atoms with Crippen LogP contribution in [-0.2, 0) is 19.9 Å². The highest BCUT2D eigenvalue weighted by Crippen LogP contribution is 2.17. The quantitative estimate of drug-likeness (QED) is 0.612. The monoisotopic (exact) mass is 390 g/mol. The van der Waals surface area contributed by atoms with Gasteiger partial charge in [0.15, 0.2) is 9.84 Å². The Labute approximate surface area is 150 Å². The van der Waals surface area contributed by atoms with E-state index < -0.39 is 19.9 Å². The summed E-state index contributed by atoms with van der Waals surface area (Å²) in [6.07, 6.45) is 1.90. The summed E-state index contributed by atoms with van der Waals surface area (Å²) >= 11 is 0. The van der Waals surface area contributed by atoms with Crippen LogP contribution in [0.4, 0.5) is 0 Å². The van der Waals surface area contributed by atoms with Crippen LogP contribution in [0.25, 0.3) is 0 Å². The molecule has 1 unspecified atom stereocenters. The zero-order valence-corrected chi connectivity index (χ0v) is 16.0. The number of hydrogen-bond acceptors (Lipinski definition) is 6. The topological polar surface area (TPSA) is 102 Å². The average molecular weight is 391 g/mol. The second-order valence-corrected chi connectivity index (χ2v) is 10.3. The molecule has 0 radical (unpaired) electrons.